The van der Waals surface area contributed by atoms with Gasteiger partial charge < -0.3 is 4.57 Å². The predicted octanol–water partition coefficient (Wildman–Crippen LogP) is 2.31. The molecule has 0 aromatic carbocycles. The number of aryl methyl sites for hydroxylation is 1. The highest BCUT2D eigenvalue weighted by Gasteiger charge is 2.18. The molecule has 0 radical (unpaired) electrons. The second-order valence-electron chi connectivity index (χ2n) is 4.31. The second-order valence-corrected chi connectivity index (χ2v) is 4.31. The largest absolute Gasteiger partial charge is 0.335 e. The maximum absolute atomic E-state index is 11.9. The summed E-state index contributed by atoms with van der Waals surface area (Å²) in [6.07, 6.45) is 4.13. The number of carbonyl (C=O) groups excluding carboxylic acids is 1. The van der Waals surface area contributed by atoms with E-state index in [0.29, 0.717) is 12.3 Å². The topological polar surface area (TPSA) is 34.9 Å². The molecule has 1 atom stereocenters. The lowest BCUT2D eigenvalue weighted by Gasteiger charge is -2.14. The van der Waals surface area contributed by atoms with Gasteiger partial charge in [-0.05, 0) is 12.8 Å². The molecule has 0 spiro atoms. The van der Waals surface area contributed by atoms with Gasteiger partial charge in [0.15, 0.2) is 0 Å². The molecule has 0 N–H and O–H groups in total. The molecule has 0 aliphatic rings. The minimum atomic E-state index is 0.118. The summed E-state index contributed by atoms with van der Waals surface area (Å²) in [4.78, 5) is 16.1. The van der Waals surface area contributed by atoms with E-state index in [1.54, 1.807) is 6.20 Å². The van der Waals surface area contributed by atoms with Crippen LogP contribution in [0.2, 0.25) is 0 Å². The Balaban J connectivity index is 2.66. The molecule has 1 aromatic heterocycles. The van der Waals surface area contributed by atoms with Crippen molar-refractivity contribution in [2.45, 2.75) is 40.7 Å². The van der Waals surface area contributed by atoms with Crippen LogP contribution in [0.15, 0.2) is 12.4 Å². The van der Waals surface area contributed by atoms with E-state index in [9.17, 15) is 4.79 Å². The van der Waals surface area contributed by atoms with Gasteiger partial charge in [-0.25, -0.2) is 4.98 Å². The lowest BCUT2D eigenvalue weighted by atomic mass is 9.92. The van der Waals surface area contributed by atoms with Crippen molar-refractivity contribution >= 4 is 5.78 Å². The zero-order valence-electron chi connectivity index (χ0n) is 10.0. The van der Waals surface area contributed by atoms with E-state index < -0.39 is 0 Å². The molecule has 1 aromatic rings. The normalized spacial score (nSPS) is 13.1. The molecule has 0 saturated heterocycles. The monoisotopic (exact) mass is 208 g/mol. The lowest BCUT2D eigenvalue weighted by Crippen LogP contribution is -2.20. The van der Waals surface area contributed by atoms with Crippen molar-refractivity contribution < 1.29 is 4.79 Å². The van der Waals surface area contributed by atoms with Crippen molar-refractivity contribution in [2.75, 3.05) is 0 Å². The molecule has 0 saturated carbocycles. The van der Waals surface area contributed by atoms with Crippen molar-refractivity contribution in [3.8, 4) is 0 Å². The molecule has 84 valence electrons. The summed E-state index contributed by atoms with van der Waals surface area (Å²) >= 11 is 0. The molecule has 0 fully saturated rings. The van der Waals surface area contributed by atoms with Crippen LogP contribution < -0.4 is 0 Å². The van der Waals surface area contributed by atoms with Crippen LogP contribution in [0, 0.1) is 11.8 Å². The van der Waals surface area contributed by atoms with Gasteiger partial charge in [-0.2, -0.15) is 0 Å². The van der Waals surface area contributed by atoms with Crippen molar-refractivity contribution in [1.29, 1.82) is 0 Å². The van der Waals surface area contributed by atoms with Gasteiger partial charge in [0.25, 0.3) is 0 Å². The van der Waals surface area contributed by atoms with E-state index in [-0.39, 0.29) is 11.7 Å². The third kappa shape index (κ3) is 2.91. The molecule has 0 bridgehead atoms. The minimum absolute atomic E-state index is 0.118. The standard InChI is InChI=1S/C12H20N2O/c1-5-14-7-6-13-12(14)8-11(15)10(4)9(2)3/h6-7,9-10H,5,8H2,1-4H3. The fourth-order valence-electron chi connectivity index (χ4n) is 1.48. The number of hydrogen-bond donors (Lipinski definition) is 0. The van der Waals surface area contributed by atoms with Gasteiger partial charge in [0.05, 0.1) is 6.42 Å². The van der Waals surface area contributed by atoms with Crippen LogP contribution >= 0.6 is 0 Å². The zero-order chi connectivity index (χ0) is 11.4. The van der Waals surface area contributed by atoms with E-state index >= 15 is 0 Å². The first-order valence-electron chi connectivity index (χ1n) is 5.59. The quantitative estimate of drug-likeness (QED) is 0.744. The first kappa shape index (κ1) is 12.0. The summed E-state index contributed by atoms with van der Waals surface area (Å²) < 4.78 is 2.02. The Kier molecular flexibility index (Phi) is 4.06. The third-order valence-electron chi connectivity index (χ3n) is 2.98. The summed E-state index contributed by atoms with van der Waals surface area (Å²) in [5.41, 5.74) is 0. The van der Waals surface area contributed by atoms with Crippen molar-refractivity contribution in [3.05, 3.63) is 18.2 Å². The Labute approximate surface area is 91.5 Å². The highest BCUT2D eigenvalue weighted by atomic mass is 16.1. The van der Waals surface area contributed by atoms with Crippen molar-refractivity contribution in [2.24, 2.45) is 11.8 Å². The number of imidazole rings is 1. The molecular weight excluding hydrogens is 188 g/mol. The smallest absolute Gasteiger partial charge is 0.143 e. The lowest BCUT2D eigenvalue weighted by molar-refractivity contribution is -0.123. The first-order valence-corrected chi connectivity index (χ1v) is 5.59. The summed E-state index contributed by atoms with van der Waals surface area (Å²) in [5, 5.41) is 0. The molecule has 3 nitrogen and oxygen atoms in total. The maximum Gasteiger partial charge on any atom is 0.143 e. The van der Waals surface area contributed by atoms with Gasteiger partial charge in [0, 0.05) is 24.9 Å². The van der Waals surface area contributed by atoms with E-state index in [1.807, 2.05) is 17.7 Å². The summed E-state index contributed by atoms with van der Waals surface area (Å²) in [7, 11) is 0. The number of hydrogen-bond acceptors (Lipinski definition) is 2. The number of rotatable bonds is 5. The number of ketones is 1. The molecule has 1 unspecified atom stereocenters. The zero-order valence-corrected chi connectivity index (χ0v) is 10.0. The fraction of sp³-hybridized carbons (Fsp3) is 0.667. The highest BCUT2D eigenvalue weighted by Crippen LogP contribution is 2.13. The van der Waals surface area contributed by atoms with Crippen LogP contribution in [0.5, 0.6) is 0 Å². The van der Waals surface area contributed by atoms with Crippen LogP contribution in [0.25, 0.3) is 0 Å². The van der Waals surface area contributed by atoms with Gasteiger partial charge >= 0.3 is 0 Å². The highest BCUT2D eigenvalue weighted by molar-refractivity contribution is 5.82. The van der Waals surface area contributed by atoms with Crippen molar-refractivity contribution in [1.82, 2.24) is 9.55 Å². The van der Waals surface area contributed by atoms with Gasteiger partial charge in [0.2, 0.25) is 0 Å². The van der Waals surface area contributed by atoms with E-state index in [4.69, 9.17) is 0 Å². The minimum Gasteiger partial charge on any atom is -0.335 e. The summed E-state index contributed by atoms with van der Waals surface area (Å²) in [6, 6.07) is 0. The summed E-state index contributed by atoms with van der Waals surface area (Å²) in [5.74, 6) is 1.69. The fourth-order valence-corrected chi connectivity index (χ4v) is 1.48. The summed E-state index contributed by atoms with van der Waals surface area (Å²) in [6.45, 7) is 9.08. The molecule has 0 aliphatic heterocycles. The van der Waals surface area contributed by atoms with Gasteiger partial charge in [-0.1, -0.05) is 20.8 Å². The van der Waals surface area contributed by atoms with Crippen LogP contribution in [0.1, 0.15) is 33.5 Å². The number of Topliss-reactive ketones (excluding diaryl/α,β-unsaturated/α-hetero) is 1. The Morgan fingerprint density at radius 3 is 2.67 bits per heavy atom. The van der Waals surface area contributed by atoms with Crippen LogP contribution in [0.4, 0.5) is 0 Å². The Bertz CT molecular complexity index is 328. The third-order valence-corrected chi connectivity index (χ3v) is 2.98. The number of nitrogens with zero attached hydrogens (tertiary/aromatic N) is 2. The van der Waals surface area contributed by atoms with Gasteiger partial charge in [-0.3, -0.25) is 4.79 Å². The maximum atomic E-state index is 11.9. The molecule has 1 rings (SSSR count). The van der Waals surface area contributed by atoms with Gasteiger partial charge in [-0.15, -0.1) is 0 Å². The van der Waals surface area contributed by atoms with E-state index in [2.05, 4.69) is 25.8 Å². The molecular formula is C12H20N2O. The van der Waals surface area contributed by atoms with Crippen LogP contribution in [0.3, 0.4) is 0 Å². The predicted molar refractivity (Wildman–Crippen MR) is 60.6 cm³/mol. The van der Waals surface area contributed by atoms with Crippen molar-refractivity contribution in [3.63, 3.8) is 0 Å². The average molecular weight is 208 g/mol. The second kappa shape index (κ2) is 5.10. The van der Waals surface area contributed by atoms with E-state index in [0.717, 1.165) is 12.4 Å². The Morgan fingerprint density at radius 1 is 1.47 bits per heavy atom. The molecule has 0 amide bonds. The van der Waals surface area contributed by atoms with Crippen LogP contribution in [-0.4, -0.2) is 15.3 Å². The molecule has 3 heteroatoms. The average Bonchev–Trinajstić information content (AvgIpc) is 2.63. The number of carbonyl (C=O) groups is 1. The Hall–Kier alpha value is -1.12. The van der Waals surface area contributed by atoms with E-state index in [1.165, 1.54) is 0 Å². The van der Waals surface area contributed by atoms with Gasteiger partial charge in [0.1, 0.15) is 11.6 Å². The number of aromatic nitrogens is 2. The SMILES string of the molecule is CCn1ccnc1CC(=O)C(C)C(C)C. The Morgan fingerprint density at radius 2 is 2.13 bits per heavy atom. The molecule has 15 heavy (non-hydrogen) atoms. The molecule has 0 aliphatic carbocycles. The van der Waals surface area contributed by atoms with Crippen LogP contribution in [-0.2, 0) is 17.8 Å². The first-order chi connectivity index (χ1) is 7.06. The molecule has 1 heterocycles.